The lowest BCUT2D eigenvalue weighted by molar-refractivity contribution is 0.796. The summed E-state index contributed by atoms with van der Waals surface area (Å²) < 4.78 is 1.77. The Labute approximate surface area is 112 Å². The quantitative estimate of drug-likeness (QED) is 0.846. The summed E-state index contributed by atoms with van der Waals surface area (Å²) in [6.07, 6.45) is 6.23. The molecule has 102 valence electrons. The highest BCUT2D eigenvalue weighted by atomic mass is 15.3. The van der Waals surface area contributed by atoms with Gasteiger partial charge in [-0.25, -0.2) is 4.98 Å². The Balaban J connectivity index is 2.37. The van der Waals surface area contributed by atoms with Gasteiger partial charge >= 0.3 is 0 Å². The lowest BCUT2D eigenvalue weighted by Crippen LogP contribution is -2.22. The Morgan fingerprint density at radius 2 is 2.11 bits per heavy atom. The third kappa shape index (κ3) is 3.18. The van der Waals surface area contributed by atoms with Crippen LogP contribution in [-0.2, 0) is 0 Å². The minimum Gasteiger partial charge on any atom is -0.354 e. The second-order valence-electron chi connectivity index (χ2n) is 4.18. The van der Waals surface area contributed by atoms with Gasteiger partial charge in [-0.3, -0.25) is 4.57 Å². The van der Waals surface area contributed by atoms with E-state index in [-0.39, 0.29) is 0 Å². The smallest absolute Gasteiger partial charge is 0.241 e. The van der Waals surface area contributed by atoms with E-state index in [9.17, 15) is 0 Å². The number of imidazole rings is 1. The summed E-state index contributed by atoms with van der Waals surface area (Å²) in [4.78, 5) is 19.3. The van der Waals surface area contributed by atoms with Crippen molar-refractivity contribution in [3.8, 4) is 5.95 Å². The number of nitrogens with zero attached hydrogens (tertiary/aromatic N) is 6. The van der Waals surface area contributed by atoms with Crippen LogP contribution in [0.3, 0.4) is 0 Å². The molecule has 0 aliphatic heterocycles. The summed E-state index contributed by atoms with van der Waals surface area (Å²) >= 11 is 0. The van der Waals surface area contributed by atoms with Gasteiger partial charge in [0.15, 0.2) is 0 Å². The molecule has 0 aliphatic carbocycles. The second kappa shape index (κ2) is 6.12. The molecule has 2 heterocycles. The van der Waals surface area contributed by atoms with Gasteiger partial charge in [0, 0.05) is 32.5 Å². The molecule has 0 unspecified atom stereocenters. The minimum absolute atomic E-state index is 0.571. The fourth-order valence-corrected chi connectivity index (χ4v) is 1.69. The van der Waals surface area contributed by atoms with Gasteiger partial charge in [0.05, 0.1) is 0 Å². The lowest BCUT2D eigenvalue weighted by atomic mass is 10.4. The van der Waals surface area contributed by atoms with Crippen LogP contribution in [0.2, 0.25) is 0 Å². The van der Waals surface area contributed by atoms with Gasteiger partial charge in [-0.1, -0.05) is 6.92 Å². The summed E-state index contributed by atoms with van der Waals surface area (Å²) in [6, 6.07) is 0. The first-order chi connectivity index (χ1) is 9.24. The Kier molecular flexibility index (Phi) is 4.27. The van der Waals surface area contributed by atoms with Crippen LogP contribution in [0.15, 0.2) is 18.7 Å². The van der Waals surface area contributed by atoms with E-state index < -0.39 is 0 Å². The van der Waals surface area contributed by atoms with E-state index in [2.05, 4.69) is 32.2 Å². The maximum Gasteiger partial charge on any atom is 0.241 e. The summed E-state index contributed by atoms with van der Waals surface area (Å²) in [7, 11) is 1.98. The zero-order chi connectivity index (χ0) is 13.7. The number of hydrogen-bond donors (Lipinski definition) is 1. The van der Waals surface area contributed by atoms with E-state index in [0.717, 1.165) is 19.5 Å². The van der Waals surface area contributed by atoms with Crippen molar-refractivity contribution in [1.82, 2.24) is 24.5 Å². The maximum atomic E-state index is 4.46. The van der Waals surface area contributed by atoms with Crippen LogP contribution < -0.4 is 10.2 Å². The first kappa shape index (κ1) is 13.3. The summed E-state index contributed by atoms with van der Waals surface area (Å²) in [5.74, 6) is 1.82. The van der Waals surface area contributed by atoms with Crippen LogP contribution in [-0.4, -0.2) is 44.6 Å². The predicted molar refractivity (Wildman–Crippen MR) is 74.7 cm³/mol. The standard InChI is InChI=1S/C12H19N7/c1-4-7-18(3)11-15-10(14-5-2)16-12(17-11)19-8-6-13-9-19/h6,8-9H,4-5,7H2,1-3H3,(H,14,15,16,17). The molecule has 7 nitrogen and oxygen atoms in total. The molecule has 2 aromatic heterocycles. The van der Waals surface area contributed by atoms with Crippen molar-refractivity contribution in [3.63, 3.8) is 0 Å². The zero-order valence-corrected chi connectivity index (χ0v) is 11.5. The van der Waals surface area contributed by atoms with Gasteiger partial charge < -0.3 is 10.2 Å². The van der Waals surface area contributed by atoms with E-state index in [1.54, 1.807) is 17.1 Å². The van der Waals surface area contributed by atoms with Crippen LogP contribution >= 0.6 is 0 Å². The molecule has 0 amide bonds. The molecular formula is C12H19N7. The van der Waals surface area contributed by atoms with Crippen molar-refractivity contribution in [1.29, 1.82) is 0 Å². The third-order valence-corrected chi connectivity index (χ3v) is 2.58. The van der Waals surface area contributed by atoms with Crippen LogP contribution in [0.4, 0.5) is 11.9 Å². The van der Waals surface area contributed by atoms with E-state index in [1.807, 2.05) is 25.1 Å². The molecule has 0 aliphatic rings. The monoisotopic (exact) mass is 261 g/mol. The molecule has 2 rings (SSSR count). The second-order valence-corrected chi connectivity index (χ2v) is 4.18. The minimum atomic E-state index is 0.571. The number of rotatable bonds is 6. The van der Waals surface area contributed by atoms with Gasteiger partial charge in [0.2, 0.25) is 17.8 Å². The van der Waals surface area contributed by atoms with E-state index in [1.165, 1.54) is 0 Å². The normalized spacial score (nSPS) is 10.5. The number of hydrogen-bond acceptors (Lipinski definition) is 6. The van der Waals surface area contributed by atoms with Gasteiger partial charge in [0.25, 0.3) is 0 Å². The Morgan fingerprint density at radius 3 is 2.74 bits per heavy atom. The number of anilines is 2. The molecule has 7 heteroatoms. The largest absolute Gasteiger partial charge is 0.354 e. The highest BCUT2D eigenvalue weighted by Crippen LogP contribution is 2.12. The summed E-state index contributed by atoms with van der Waals surface area (Å²) in [5, 5.41) is 3.12. The van der Waals surface area contributed by atoms with Crippen LogP contribution in [0.1, 0.15) is 20.3 Å². The van der Waals surface area contributed by atoms with Crippen LogP contribution in [0.5, 0.6) is 0 Å². The molecule has 1 N–H and O–H groups in total. The first-order valence-corrected chi connectivity index (χ1v) is 6.44. The average Bonchev–Trinajstić information content (AvgIpc) is 2.93. The molecule has 19 heavy (non-hydrogen) atoms. The van der Waals surface area contributed by atoms with Crippen molar-refractivity contribution < 1.29 is 0 Å². The number of nitrogens with one attached hydrogen (secondary N) is 1. The van der Waals surface area contributed by atoms with Crippen molar-refractivity contribution >= 4 is 11.9 Å². The van der Waals surface area contributed by atoms with Crippen molar-refractivity contribution in [2.24, 2.45) is 0 Å². The van der Waals surface area contributed by atoms with Crippen molar-refractivity contribution in [3.05, 3.63) is 18.7 Å². The molecule has 0 bridgehead atoms. The highest BCUT2D eigenvalue weighted by Gasteiger charge is 2.10. The van der Waals surface area contributed by atoms with Crippen LogP contribution in [0, 0.1) is 0 Å². The van der Waals surface area contributed by atoms with Gasteiger partial charge in [-0.15, -0.1) is 0 Å². The SMILES string of the molecule is CCCN(C)c1nc(NCC)nc(-n2ccnc2)n1. The van der Waals surface area contributed by atoms with Crippen molar-refractivity contribution in [2.45, 2.75) is 20.3 Å². The molecule has 0 spiro atoms. The molecule has 0 radical (unpaired) electrons. The van der Waals surface area contributed by atoms with Gasteiger partial charge in [-0.2, -0.15) is 15.0 Å². The third-order valence-electron chi connectivity index (χ3n) is 2.58. The lowest BCUT2D eigenvalue weighted by Gasteiger charge is -2.17. The molecule has 0 fully saturated rings. The van der Waals surface area contributed by atoms with E-state index in [0.29, 0.717) is 17.8 Å². The molecular weight excluding hydrogens is 242 g/mol. The summed E-state index contributed by atoms with van der Waals surface area (Å²) in [6.45, 7) is 5.80. The Hall–Kier alpha value is -2.18. The maximum absolute atomic E-state index is 4.46. The van der Waals surface area contributed by atoms with Gasteiger partial charge in [-0.05, 0) is 13.3 Å². The molecule has 0 saturated carbocycles. The topological polar surface area (TPSA) is 71.8 Å². The molecule has 2 aromatic rings. The Morgan fingerprint density at radius 1 is 1.26 bits per heavy atom. The number of aromatic nitrogens is 5. The fourth-order valence-electron chi connectivity index (χ4n) is 1.69. The molecule has 0 aromatic carbocycles. The predicted octanol–water partition coefficient (Wildman–Crippen LogP) is 1.34. The fraction of sp³-hybridized carbons (Fsp3) is 0.500. The average molecular weight is 261 g/mol. The molecule has 0 saturated heterocycles. The van der Waals surface area contributed by atoms with Crippen LogP contribution in [0.25, 0.3) is 5.95 Å². The zero-order valence-electron chi connectivity index (χ0n) is 11.5. The van der Waals surface area contributed by atoms with Gasteiger partial charge in [0.1, 0.15) is 6.33 Å². The first-order valence-electron chi connectivity index (χ1n) is 6.44. The van der Waals surface area contributed by atoms with E-state index in [4.69, 9.17) is 0 Å². The van der Waals surface area contributed by atoms with E-state index >= 15 is 0 Å². The highest BCUT2D eigenvalue weighted by molar-refractivity contribution is 5.39. The summed E-state index contributed by atoms with van der Waals surface area (Å²) in [5.41, 5.74) is 0. The molecule has 0 atom stereocenters. The van der Waals surface area contributed by atoms with Crippen molar-refractivity contribution in [2.75, 3.05) is 30.4 Å². The Bertz CT molecular complexity index is 509.